The molecule has 1 amide bonds. The molecule has 5 heteroatoms. The lowest BCUT2D eigenvalue weighted by Crippen LogP contribution is -2.16. The van der Waals surface area contributed by atoms with Gasteiger partial charge in [0, 0.05) is 7.05 Å². The van der Waals surface area contributed by atoms with Crippen LogP contribution in [0.2, 0.25) is 0 Å². The first-order chi connectivity index (χ1) is 8.99. The third-order valence-electron chi connectivity index (χ3n) is 3.08. The van der Waals surface area contributed by atoms with E-state index in [1.807, 2.05) is 20.9 Å². The molecule has 0 atom stereocenters. The molecule has 0 saturated heterocycles. The van der Waals surface area contributed by atoms with Gasteiger partial charge in [-0.15, -0.1) is 0 Å². The molecule has 0 spiro atoms. The van der Waals surface area contributed by atoms with Gasteiger partial charge in [-0.3, -0.25) is 9.48 Å². The Morgan fingerprint density at radius 3 is 2.63 bits per heavy atom. The van der Waals surface area contributed by atoms with Crippen molar-refractivity contribution < 1.29 is 9.18 Å². The Morgan fingerprint density at radius 2 is 2.05 bits per heavy atom. The smallest absolute Gasteiger partial charge is 0.229 e. The molecule has 2 rings (SSSR count). The van der Waals surface area contributed by atoms with Crippen molar-refractivity contribution in [3.8, 4) is 0 Å². The minimum atomic E-state index is -0.364. The van der Waals surface area contributed by atoms with Crippen LogP contribution in [0.3, 0.4) is 0 Å². The van der Waals surface area contributed by atoms with E-state index in [0.29, 0.717) is 11.3 Å². The van der Waals surface area contributed by atoms with Crippen molar-refractivity contribution in [2.75, 3.05) is 5.32 Å². The van der Waals surface area contributed by atoms with E-state index in [1.54, 1.807) is 22.9 Å². The van der Waals surface area contributed by atoms with Gasteiger partial charge in [0.05, 0.1) is 23.5 Å². The number of amides is 1. The quantitative estimate of drug-likeness (QED) is 0.922. The summed E-state index contributed by atoms with van der Waals surface area (Å²) in [7, 11) is 1.81. The maximum atomic E-state index is 13.5. The number of nitrogens with zero attached hydrogens (tertiary/aromatic N) is 2. The molecule has 2 aromatic rings. The summed E-state index contributed by atoms with van der Waals surface area (Å²) in [5.41, 5.74) is 2.71. The first-order valence-electron chi connectivity index (χ1n) is 6.02. The fourth-order valence-electron chi connectivity index (χ4n) is 1.95. The summed E-state index contributed by atoms with van der Waals surface area (Å²) < 4.78 is 15.2. The normalized spacial score (nSPS) is 10.5. The molecule has 0 aliphatic heterocycles. The van der Waals surface area contributed by atoms with Crippen molar-refractivity contribution in [2.24, 2.45) is 7.05 Å². The fraction of sp³-hybridized carbons (Fsp3) is 0.286. The number of aromatic nitrogens is 2. The Kier molecular flexibility index (Phi) is 3.64. The zero-order valence-electron chi connectivity index (χ0n) is 11.2. The molecule has 1 aromatic heterocycles. The highest BCUT2D eigenvalue weighted by Crippen LogP contribution is 2.18. The van der Waals surface area contributed by atoms with Crippen LogP contribution in [0.5, 0.6) is 0 Å². The lowest BCUT2D eigenvalue weighted by Gasteiger charge is -2.06. The number of hydrogen-bond acceptors (Lipinski definition) is 2. The second-order valence-corrected chi connectivity index (χ2v) is 4.49. The van der Waals surface area contributed by atoms with Gasteiger partial charge >= 0.3 is 0 Å². The number of hydrogen-bond donors (Lipinski definition) is 1. The Hall–Kier alpha value is -2.17. The third-order valence-corrected chi connectivity index (χ3v) is 3.08. The lowest BCUT2D eigenvalue weighted by atomic mass is 10.1. The van der Waals surface area contributed by atoms with Crippen LogP contribution in [-0.2, 0) is 18.3 Å². The van der Waals surface area contributed by atoms with E-state index in [0.717, 1.165) is 11.4 Å². The highest BCUT2D eigenvalue weighted by molar-refractivity contribution is 5.93. The first kappa shape index (κ1) is 13.3. The average Bonchev–Trinajstić information content (AvgIpc) is 2.59. The molecule has 1 aromatic carbocycles. The molecule has 100 valence electrons. The minimum absolute atomic E-state index is 0.0143. The van der Waals surface area contributed by atoms with Gasteiger partial charge in [-0.05, 0) is 25.5 Å². The summed E-state index contributed by atoms with van der Waals surface area (Å²) in [4.78, 5) is 11.9. The predicted octanol–water partition coefficient (Wildman–Crippen LogP) is 2.36. The number of anilines is 1. The maximum absolute atomic E-state index is 13.5. The molecule has 0 fully saturated rings. The van der Waals surface area contributed by atoms with Crippen LogP contribution in [0.25, 0.3) is 0 Å². The van der Waals surface area contributed by atoms with Crippen molar-refractivity contribution in [1.29, 1.82) is 0 Å². The molecule has 1 N–H and O–H groups in total. The van der Waals surface area contributed by atoms with Crippen LogP contribution >= 0.6 is 0 Å². The average molecular weight is 261 g/mol. The van der Waals surface area contributed by atoms with Crippen molar-refractivity contribution in [2.45, 2.75) is 20.3 Å². The fourth-order valence-corrected chi connectivity index (χ4v) is 1.95. The number of carbonyl (C=O) groups is 1. The van der Waals surface area contributed by atoms with E-state index < -0.39 is 0 Å². The standard InChI is InChI=1S/C14H16FN3O/c1-9-14(10(2)18(3)17-9)16-13(19)8-11-6-4-5-7-12(11)15/h4-7H,8H2,1-3H3,(H,16,19). The molecule has 0 aliphatic carbocycles. The summed E-state index contributed by atoms with van der Waals surface area (Å²) in [6.45, 7) is 3.70. The number of rotatable bonds is 3. The summed E-state index contributed by atoms with van der Waals surface area (Å²) in [5.74, 6) is -0.610. The molecular weight excluding hydrogens is 245 g/mol. The van der Waals surface area contributed by atoms with Crippen molar-refractivity contribution in [3.05, 3.63) is 47.0 Å². The van der Waals surface area contributed by atoms with Gasteiger partial charge in [-0.2, -0.15) is 5.10 Å². The summed E-state index contributed by atoms with van der Waals surface area (Å²) in [6, 6.07) is 6.28. The van der Waals surface area contributed by atoms with Crippen LogP contribution in [0.1, 0.15) is 17.0 Å². The van der Waals surface area contributed by atoms with Gasteiger partial charge in [0.2, 0.25) is 5.91 Å². The monoisotopic (exact) mass is 261 g/mol. The van der Waals surface area contributed by atoms with E-state index >= 15 is 0 Å². The van der Waals surface area contributed by atoms with Gasteiger partial charge in [0.15, 0.2) is 0 Å². The van der Waals surface area contributed by atoms with Gasteiger partial charge in [0.25, 0.3) is 0 Å². The number of benzene rings is 1. The molecular formula is C14H16FN3O. The third kappa shape index (κ3) is 2.81. The number of aryl methyl sites for hydroxylation is 2. The van der Waals surface area contributed by atoms with Crippen LogP contribution < -0.4 is 5.32 Å². The summed E-state index contributed by atoms with van der Waals surface area (Å²) >= 11 is 0. The Morgan fingerprint density at radius 1 is 1.37 bits per heavy atom. The summed E-state index contributed by atoms with van der Waals surface area (Å²) in [6.07, 6.45) is 0.0143. The SMILES string of the molecule is Cc1nn(C)c(C)c1NC(=O)Cc1ccccc1F. The largest absolute Gasteiger partial charge is 0.323 e. The Labute approximate surface area is 111 Å². The highest BCUT2D eigenvalue weighted by Gasteiger charge is 2.13. The molecule has 0 saturated carbocycles. The van der Waals surface area contributed by atoms with Crippen LogP contribution in [0.15, 0.2) is 24.3 Å². The molecule has 0 bridgehead atoms. The first-order valence-corrected chi connectivity index (χ1v) is 6.02. The van der Waals surface area contributed by atoms with Crippen molar-refractivity contribution >= 4 is 11.6 Å². The van der Waals surface area contributed by atoms with E-state index in [9.17, 15) is 9.18 Å². The van der Waals surface area contributed by atoms with E-state index in [-0.39, 0.29) is 18.1 Å². The molecule has 0 radical (unpaired) electrons. The molecule has 19 heavy (non-hydrogen) atoms. The second kappa shape index (κ2) is 5.22. The molecule has 0 unspecified atom stereocenters. The van der Waals surface area contributed by atoms with Gasteiger partial charge in [-0.25, -0.2) is 4.39 Å². The predicted molar refractivity (Wildman–Crippen MR) is 71.4 cm³/mol. The second-order valence-electron chi connectivity index (χ2n) is 4.49. The number of carbonyl (C=O) groups excluding carboxylic acids is 1. The van der Waals surface area contributed by atoms with E-state index in [4.69, 9.17) is 0 Å². The molecule has 1 heterocycles. The van der Waals surface area contributed by atoms with Crippen molar-refractivity contribution in [1.82, 2.24) is 9.78 Å². The lowest BCUT2D eigenvalue weighted by molar-refractivity contribution is -0.115. The highest BCUT2D eigenvalue weighted by atomic mass is 19.1. The Balaban J connectivity index is 2.12. The molecule has 4 nitrogen and oxygen atoms in total. The maximum Gasteiger partial charge on any atom is 0.229 e. The summed E-state index contributed by atoms with van der Waals surface area (Å²) in [5, 5.41) is 7.00. The van der Waals surface area contributed by atoms with Gasteiger partial charge < -0.3 is 5.32 Å². The zero-order chi connectivity index (χ0) is 14.0. The van der Waals surface area contributed by atoms with Gasteiger partial charge in [0.1, 0.15) is 5.82 Å². The van der Waals surface area contributed by atoms with E-state index in [1.165, 1.54) is 6.07 Å². The van der Waals surface area contributed by atoms with Gasteiger partial charge in [-0.1, -0.05) is 18.2 Å². The number of nitrogens with one attached hydrogen (secondary N) is 1. The Bertz CT molecular complexity index is 619. The minimum Gasteiger partial charge on any atom is -0.323 e. The topological polar surface area (TPSA) is 46.9 Å². The van der Waals surface area contributed by atoms with E-state index in [2.05, 4.69) is 10.4 Å². The van der Waals surface area contributed by atoms with Crippen LogP contribution in [0.4, 0.5) is 10.1 Å². The van der Waals surface area contributed by atoms with Crippen LogP contribution in [-0.4, -0.2) is 15.7 Å². The van der Waals surface area contributed by atoms with Crippen LogP contribution in [0, 0.1) is 19.7 Å². The molecule has 0 aliphatic rings. The number of halogens is 1. The zero-order valence-corrected chi connectivity index (χ0v) is 11.2. The van der Waals surface area contributed by atoms with Crippen molar-refractivity contribution in [3.63, 3.8) is 0 Å².